The van der Waals surface area contributed by atoms with Gasteiger partial charge in [0.25, 0.3) is 0 Å². The van der Waals surface area contributed by atoms with Crippen molar-refractivity contribution < 1.29 is 8.42 Å². The SMILES string of the molecule is Cc1ccc(C)c(S(=O)(=O)N2CCC3(CC2)Nc2ccc(C)c(C)c2-n2cccc23)c1. The zero-order valence-electron chi connectivity index (χ0n) is 18.6. The molecule has 0 atom stereocenters. The molecular formula is C25H29N3O2S. The zero-order valence-corrected chi connectivity index (χ0v) is 19.4. The first-order valence-corrected chi connectivity index (χ1v) is 12.3. The monoisotopic (exact) mass is 435 g/mol. The summed E-state index contributed by atoms with van der Waals surface area (Å²) in [5.74, 6) is 0. The van der Waals surface area contributed by atoms with Crippen molar-refractivity contribution in [2.24, 2.45) is 0 Å². The molecule has 6 heteroatoms. The molecule has 0 radical (unpaired) electrons. The van der Waals surface area contributed by atoms with Gasteiger partial charge in [-0.25, -0.2) is 8.42 Å². The number of anilines is 1. The number of hydrogen-bond acceptors (Lipinski definition) is 3. The zero-order chi connectivity index (χ0) is 22.0. The van der Waals surface area contributed by atoms with Crippen molar-refractivity contribution in [1.29, 1.82) is 0 Å². The van der Waals surface area contributed by atoms with Crippen LogP contribution in [0.25, 0.3) is 5.69 Å². The van der Waals surface area contributed by atoms with Crippen LogP contribution in [0.4, 0.5) is 5.69 Å². The maximum atomic E-state index is 13.4. The highest BCUT2D eigenvalue weighted by molar-refractivity contribution is 7.89. The molecule has 162 valence electrons. The number of benzene rings is 2. The predicted octanol–water partition coefficient (Wildman–Crippen LogP) is 4.82. The number of piperidine rings is 1. The van der Waals surface area contributed by atoms with Gasteiger partial charge in [-0.05, 0) is 87.1 Å². The molecule has 0 bridgehead atoms. The van der Waals surface area contributed by atoms with Crippen LogP contribution in [0.5, 0.6) is 0 Å². The Balaban J connectivity index is 1.48. The Labute approximate surface area is 184 Å². The van der Waals surface area contributed by atoms with Gasteiger partial charge in [-0.3, -0.25) is 0 Å². The van der Waals surface area contributed by atoms with Gasteiger partial charge in [0.05, 0.1) is 21.8 Å². The molecule has 5 rings (SSSR count). The number of hydrogen-bond donors (Lipinski definition) is 1. The van der Waals surface area contributed by atoms with Gasteiger partial charge in [-0.1, -0.05) is 18.2 Å². The quantitative estimate of drug-likeness (QED) is 0.628. The van der Waals surface area contributed by atoms with E-state index in [1.165, 1.54) is 22.5 Å². The highest BCUT2D eigenvalue weighted by Crippen LogP contribution is 2.45. The first-order chi connectivity index (χ1) is 14.7. The molecule has 0 amide bonds. The summed E-state index contributed by atoms with van der Waals surface area (Å²) in [5, 5.41) is 3.81. The van der Waals surface area contributed by atoms with Gasteiger partial charge >= 0.3 is 0 Å². The summed E-state index contributed by atoms with van der Waals surface area (Å²) >= 11 is 0. The van der Waals surface area contributed by atoms with Crippen LogP contribution in [-0.2, 0) is 15.6 Å². The largest absolute Gasteiger partial charge is 0.372 e. The van der Waals surface area contributed by atoms with E-state index in [4.69, 9.17) is 0 Å². The maximum Gasteiger partial charge on any atom is 0.243 e. The van der Waals surface area contributed by atoms with Crippen LogP contribution in [0.15, 0.2) is 53.6 Å². The van der Waals surface area contributed by atoms with E-state index in [1.807, 2.05) is 26.0 Å². The fraction of sp³-hybridized carbons (Fsp3) is 0.360. The topological polar surface area (TPSA) is 54.3 Å². The van der Waals surface area contributed by atoms with Crippen LogP contribution in [0.3, 0.4) is 0 Å². The van der Waals surface area contributed by atoms with Gasteiger partial charge < -0.3 is 9.88 Å². The molecule has 1 spiro atoms. The van der Waals surface area contributed by atoms with Crippen molar-refractivity contribution in [1.82, 2.24) is 8.87 Å². The molecule has 31 heavy (non-hydrogen) atoms. The molecule has 0 saturated carbocycles. The highest BCUT2D eigenvalue weighted by Gasteiger charge is 2.44. The lowest BCUT2D eigenvalue weighted by Crippen LogP contribution is -2.51. The third-order valence-electron chi connectivity index (χ3n) is 7.09. The van der Waals surface area contributed by atoms with E-state index in [-0.39, 0.29) is 5.54 Å². The lowest BCUT2D eigenvalue weighted by atomic mass is 9.82. The Morgan fingerprint density at radius 1 is 0.935 bits per heavy atom. The van der Waals surface area contributed by atoms with Crippen molar-refractivity contribution >= 4 is 15.7 Å². The van der Waals surface area contributed by atoms with E-state index in [0.717, 1.165) is 29.7 Å². The van der Waals surface area contributed by atoms with Crippen LogP contribution in [0, 0.1) is 27.7 Å². The van der Waals surface area contributed by atoms with Crippen LogP contribution in [0.2, 0.25) is 0 Å². The van der Waals surface area contributed by atoms with Gasteiger partial charge in [0.1, 0.15) is 0 Å². The van der Waals surface area contributed by atoms with E-state index >= 15 is 0 Å². The lowest BCUT2D eigenvalue weighted by Gasteiger charge is -2.46. The van der Waals surface area contributed by atoms with Gasteiger partial charge in [0.15, 0.2) is 0 Å². The molecule has 3 heterocycles. The third kappa shape index (κ3) is 3.04. The molecule has 5 nitrogen and oxygen atoms in total. The van der Waals surface area contributed by atoms with Crippen molar-refractivity contribution in [3.63, 3.8) is 0 Å². The molecule has 2 aromatic carbocycles. The van der Waals surface area contributed by atoms with Gasteiger partial charge in [0.2, 0.25) is 10.0 Å². The van der Waals surface area contributed by atoms with Crippen LogP contribution >= 0.6 is 0 Å². The van der Waals surface area contributed by atoms with E-state index in [1.54, 1.807) is 10.4 Å². The Morgan fingerprint density at radius 3 is 2.39 bits per heavy atom. The second kappa shape index (κ2) is 6.97. The molecule has 1 fully saturated rings. The Hall–Kier alpha value is -2.57. The second-order valence-corrected chi connectivity index (χ2v) is 11.0. The second-order valence-electron chi connectivity index (χ2n) is 9.05. The van der Waals surface area contributed by atoms with Crippen molar-refractivity contribution in [2.75, 3.05) is 18.4 Å². The highest BCUT2D eigenvalue weighted by atomic mass is 32.2. The van der Waals surface area contributed by atoms with E-state index < -0.39 is 10.0 Å². The van der Waals surface area contributed by atoms with Crippen molar-refractivity contribution in [3.05, 3.63) is 76.6 Å². The first-order valence-electron chi connectivity index (χ1n) is 10.9. The summed E-state index contributed by atoms with van der Waals surface area (Å²) in [6.45, 7) is 9.10. The molecule has 2 aliphatic heterocycles. The Morgan fingerprint density at radius 2 is 1.65 bits per heavy atom. The molecule has 0 aliphatic carbocycles. The minimum Gasteiger partial charge on any atom is -0.372 e. The average molecular weight is 436 g/mol. The van der Waals surface area contributed by atoms with Crippen LogP contribution in [-0.4, -0.2) is 30.4 Å². The summed E-state index contributed by atoms with van der Waals surface area (Å²) in [7, 11) is -3.51. The number of sulfonamides is 1. The standard InChI is InChI=1S/C25H29N3O2S/c1-17-7-8-19(3)22(16-17)31(29,30)27-14-11-25(12-15-27)23-6-5-13-28(23)24-20(4)18(2)9-10-21(24)26-25/h5-10,13,16,26H,11-12,14-15H2,1-4H3. The Bertz CT molecular complexity index is 1280. The van der Waals surface area contributed by atoms with Crippen molar-refractivity contribution in [3.8, 4) is 5.69 Å². The van der Waals surface area contributed by atoms with Crippen LogP contribution < -0.4 is 5.32 Å². The molecule has 3 aromatic rings. The van der Waals surface area contributed by atoms with Gasteiger partial charge in [-0.2, -0.15) is 4.31 Å². The summed E-state index contributed by atoms with van der Waals surface area (Å²) in [5.41, 5.74) is 7.59. The summed E-state index contributed by atoms with van der Waals surface area (Å²) in [6, 6.07) is 14.2. The summed E-state index contributed by atoms with van der Waals surface area (Å²) < 4.78 is 30.8. The third-order valence-corrected chi connectivity index (χ3v) is 9.13. The minimum atomic E-state index is -3.51. The number of rotatable bonds is 2. The van der Waals surface area contributed by atoms with Crippen molar-refractivity contribution in [2.45, 2.75) is 51.0 Å². The minimum absolute atomic E-state index is 0.258. The number of nitrogens with one attached hydrogen (secondary N) is 1. The predicted molar refractivity (Wildman–Crippen MR) is 124 cm³/mol. The molecule has 1 aromatic heterocycles. The lowest BCUT2D eigenvalue weighted by molar-refractivity contribution is 0.247. The summed E-state index contributed by atoms with van der Waals surface area (Å²) in [4.78, 5) is 0.430. The fourth-order valence-electron chi connectivity index (χ4n) is 5.11. The summed E-state index contributed by atoms with van der Waals surface area (Å²) in [6.07, 6.45) is 3.59. The number of aryl methyl sites for hydroxylation is 3. The van der Waals surface area contributed by atoms with Gasteiger partial charge in [0, 0.05) is 25.0 Å². The molecule has 1 saturated heterocycles. The number of fused-ring (bicyclic) bond motifs is 4. The molecular weight excluding hydrogens is 406 g/mol. The van der Waals surface area contributed by atoms with E-state index in [2.05, 4.69) is 54.2 Å². The maximum absolute atomic E-state index is 13.4. The molecule has 2 aliphatic rings. The van der Waals surface area contributed by atoms with Gasteiger partial charge in [-0.15, -0.1) is 0 Å². The van der Waals surface area contributed by atoms with Crippen LogP contribution in [0.1, 0.15) is 40.8 Å². The normalized spacial score (nSPS) is 17.8. The average Bonchev–Trinajstić information content (AvgIpc) is 3.24. The van der Waals surface area contributed by atoms with E-state index in [0.29, 0.717) is 18.0 Å². The number of nitrogens with zero attached hydrogens (tertiary/aromatic N) is 2. The van der Waals surface area contributed by atoms with E-state index in [9.17, 15) is 8.42 Å². The molecule has 0 unspecified atom stereocenters. The first kappa shape index (κ1) is 20.3. The fourth-order valence-corrected chi connectivity index (χ4v) is 6.87. The smallest absolute Gasteiger partial charge is 0.243 e. The molecule has 1 N–H and O–H groups in total. The number of aromatic nitrogens is 1. The Kier molecular flexibility index (Phi) is 4.57.